The fraction of sp³-hybridized carbons (Fsp3) is 0.176. The molecule has 0 atom stereocenters. The van der Waals surface area contributed by atoms with Crippen LogP contribution in [0.4, 0.5) is 13.2 Å². The van der Waals surface area contributed by atoms with Gasteiger partial charge in [0.05, 0.1) is 0 Å². The SMILES string of the molecule is OC(O)(c1nnc(SCc2ccc(-c3ccccc3)cc2)s1)C(F)(F)F. The van der Waals surface area contributed by atoms with Gasteiger partial charge in [0, 0.05) is 5.75 Å². The summed E-state index contributed by atoms with van der Waals surface area (Å²) in [7, 11) is 0. The Bertz CT molecular complexity index is 866. The summed E-state index contributed by atoms with van der Waals surface area (Å²) in [5.41, 5.74) is 3.12. The van der Waals surface area contributed by atoms with E-state index in [9.17, 15) is 23.4 Å². The van der Waals surface area contributed by atoms with E-state index in [0.717, 1.165) is 16.7 Å². The molecule has 9 heteroatoms. The summed E-state index contributed by atoms with van der Waals surface area (Å²) in [6.45, 7) is 0. The van der Waals surface area contributed by atoms with Gasteiger partial charge in [-0.25, -0.2) is 0 Å². The van der Waals surface area contributed by atoms with Gasteiger partial charge < -0.3 is 10.2 Å². The van der Waals surface area contributed by atoms with Crippen molar-refractivity contribution in [2.45, 2.75) is 22.1 Å². The molecule has 1 heterocycles. The number of hydrogen-bond donors (Lipinski definition) is 2. The number of aliphatic hydroxyl groups is 2. The van der Waals surface area contributed by atoms with E-state index in [4.69, 9.17) is 0 Å². The molecule has 4 nitrogen and oxygen atoms in total. The van der Waals surface area contributed by atoms with Gasteiger partial charge in [0.1, 0.15) is 0 Å². The zero-order valence-electron chi connectivity index (χ0n) is 13.1. The van der Waals surface area contributed by atoms with Crippen molar-refractivity contribution in [3.63, 3.8) is 0 Å². The molecule has 0 unspecified atom stereocenters. The monoisotopic (exact) mass is 398 g/mol. The molecular formula is C17H13F3N2O2S2. The van der Waals surface area contributed by atoms with Crippen molar-refractivity contribution >= 4 is 23.1 Å². The molecule has 0 saturated heterocycles. The lowest BCUT2D eigenvalue weighted by atomic mass is 10.0. The molecule has 0 radical (unpaired) electrons. The molecule has 2 N–H and O–H groups in total. The molecule has 0 aliphatic heterocycles. The third kappa shape index (κ3) is 4.07. The Morgan fingerprint density at radius 2 is 1.50 bits per heavy atom. The van der Waals surface area contributed by atoms with Crippen LogP contribution in [0.5, 0.6) is 0 Å². The summed E-state index contributed by atoms with van der Waals surface area (Å²) in [5.74, 6) is -3.51. The Morgan fingerprint density at radius 3 is 2.12 bits per heavy atom. The van der Waals surface area contributed by atoms with Gasteiger partial charge in [-0.1, -0.05) is 77.7 Å². The molecule has 0 saturated carbocycles. The predicted octanol–water partition coefficient (Wildman–Crippen LogP) is 4.20. The van der Waals surface area contributed by atoms with E-state index in [0.29, 0.717) is 17.1 Å². The number of alkyl halides is 3. The minimum absolute atomic E-state index is 0.226. The highest BCUT2D eigenvalue weighted by molar-refractivity contribution is 8.00. The summed E-state index contributed by atoms with van der Waals surface area (Å²) < 4.78 is 38.0. The highest BCUT2D eigenvalue weighted by Crippen LogP contribution is 2.39. The van der Waals surface area contributed by atoms with Crippen molar-refractivity contribution in [3.05, 3.63) is 65.2 Å². The average Bonchev–Trinajstić information content (AvgIpc) is 3.10. The summed E-state index contributed by atoms with van der Waals surface area (Å²) >= 11 is 1.68. The van der Waals surface area contributed by atoms with Crippen molar-refractivity contribution in [2.75, 3.05) is 0 Å². The van der Waals surface area contributed by atoms with Crippen molar-refractivity contribution in [2.24, 2.45) is 0 Å². The lowest BCUT2D eigenvalue weighted by Crippen LogP contribution is -2.41. The first-order valence-corrected chi connectivity index (χ1v) is 9.20. The maximum atomic E-state index is 12.6. The number of hydrogen-bond acceptors (Lipinski definition) is 6. The molecule has 2 aromatic carbocycles. The van der Waals surface area contributed by atoms with Gasteiger partial charge in [0.15, 0.2) is 9.35 Å². The van der Waals surface area contributed by atoms with E-state index >= 15 is 0 Å². The smallest absolute Gasteiger partial charge is 0.353 e. The number of halogens is 3. The van der Waals surface area contributed by atoms with Gasteiger partial charge in [0.2, 0.25) is 0 Å². The maximum Gasteiger partial charge on any atom is 0.450 e. The van der Waals surface area contributed by atoms with Gasteiger partial charge in [-0.2, -0.15) is 13.2 Å². The van der Waals surface area contributed by atoms with Gasteiger partial charge in [-0.15, -0.1) is 10.2 Å². The Morgan fingerprint density at radius 1 is 0.885 bits per heavy atom. The molecule has 26 heavy (non-hydrogen) atoms. The van der Waals surface area contributed by atoms with Crippen LogP contribution in [0, 0.1) is 0 Å². The van der Waals surface area contributed by atoms with Crippen LogP contribution in [-0.2, 0) is 11.5 Å². The highest BCUT2D eigenvalue weighted by Gasteiger charge is 2.57. The van der Waals surface area contributed by atoms with Crippen LogP contribution < -0.4 is 0 Å². The first kappa shape index (κ1) is 18.8. The number of rotatable bonds is 5. The van der Waals surface area contributed by atoms with Crippen LogP contribution in [0.2, 0.25) is 0 Å². The minimum atomic E-state index is -5.23. The molecule has 3 rings (SSSR count). The number of nitrogens with zero attached hydrogens (tertiary/aromatic N) is 2. The van der Waals surface area contributed by atoms with E-state index in [1.807, 2.05) is 54.6 Å². The van der Waals surface area contributed by atoms with E-state index in [-0.39, 0.29) is 4.34 Å². The molecule has 0 aliphatic rings. The fourth-order valence-corrected chi connectivity index (χ4v) is 3.92. The molecule has 3 aromatic rings. The van der Waals surface area contributed by atoms with E-state index < -0.39 is 17.0 Å². The minimum Gasteiger partial charge on any atom is -0.353 e. The zero-order valence-corrected chi connectivity index (χ0v) is 14.8. The van der Waals surface area contributed by atoms with Gasteiger partial charge in [0.25, 0.3) is 0 Å². The van der Waals surface area contributed by atoms with E-state index in [1.54, 1.807) is 0 Å². The second-order valence-corrected chi connectivity index (χ2v) is 7.59. The topological polar surface area (TPSA) is 66.2 Å². The Kier molecular flexibility index (Phi) is 5.33. The number of thioether (sulfide) groups is 1. The van der Waals surface area contributed by atoms with Crippen molar-refractivity contribution < 1.29 is 23.4 Å². The third-order valence-corrected chi connectivity index (χ3v) is 5.75. The number of aromatic nitrogens is 2. The van der Waals surface area contributed by atoms with E-state index in [2.05, 4.69) is 10.2 Å². The van der Waals surface area contributed by atoms with Crippen LogP contribution in [0.15, 0.2) is 58.9 Å². The van der Waals surface area contributed by atoms with Crippen LogP contribution in [0.1, 0.15) is 10.6 Å². The second-order valence-electron chi connectivity index (χ2n) is 5.39. The lowest BCUT2D eigenvalue weighted by molar-refractivity contribution is -0.358. The maximum absolute atomic E-state index is 12.6. The third-order valence-electron chi connectivity index (χ3n) is 3.52. The average molecular weight is 398 g/mol. The standard InChI is InChI=1S/C17H13F3N2O2S2/c18-17(19,20)16(23,24)14-21-22-15(26-14)25-10-11-6-8-13(9-7-11)12-4-2-1-3-5-12/h1-9,23-24H,10H2. The molecule has 0 bridgehead atoms. The summed E-state index contributed by atoms with van der Waals surface area (Å²) in [4.78, 5) is 0. The zero-order chi connectivity index (χ0) is 18.8. The Labute approximate surface area is 155 Å². The Balaban J connectivity index is 1.65. The summed E-state index contributed by atoms with van der Waals surface area (Å²) in [6, 6.07) is 17.6. The molecule has 136 valence electrons. The molecule has 0 aliphatic carbocycles. The molecule has 1 aromatic heterocycles. The van der Waals surface area contributed by atoms with Gasteiger partial charge in [-0.05, 0) is 16.7 Å². The quantitative estimate of drug-likeness (QED) is 0.498. The first-order valence-electron chi connectivity index (χ1n) is 7.40. The van der Waals surface area contributed by atoms with Crippen LogP contribution in [0.3, 0.4) is 0 Å². The molecule has 0 fully saturated rings. The molecule has 0 spiro atoms. The summed E-state index contributed by atoms with van der Waals surface area (Å²) in [6.07, 6.45) is -5.23. The summed E-state index contributed by atoms with van der Waals surface area (Å²) in [5, 5.41) is 24.3. The Hall–Kier alpha value is -1.94. The molecular weight excluding hydrogens is 385 g/mol. The fourth-order valence-electron chi connectivity index (χ4n) is 2.10. The number of benzene rings is 2. The lowest BCUT2D eigenvalue weighted by Gasteiger charge is -2.20. The van der Waals surface area contributed by atoms with Crippen molar-refractivity contribution in [1.82, 2.24) is 10.2 Å². The van der Waals surface area contributed by atoms with E-state index in [1.165, 1.54) is 11.8 Å². The molecule has 0 amide bonds. The largest absolute Gasteiger partial charge is 0.450 e. The van der Waals surface area contributed by atoms with Gasteiger partial charge in [-0.3, -0.25) is 0 Å². The van der Waals surface area contributed by atoms with Crippen molar-refractivity contribution in [1.29, 1.82) is 0 Å². The second kappa shape index (κ2) is 7.36. The van der Waals surface area contributed by atoms with Crippen LogP contribution in [-0.4, -0.2) is 26.6 Å². The normalized spacial score (nSPS) is 12.3. The predicted molar refractivity (Wildman–Crippen MR) is 93.5 cm³/mol. The van der Waals surface area contributed by atoms with Crippen LogP contribution in [0.25, 0.3) is 11.1 Å². The van der Waals surface area contributed by atoms with Gasteiger partial charge >= 0.3 is 12.0 Å². The van der Waals surface area contributed by atoms with Crippen molar-refractivity contribution in [3.8, 4) is 11.1 Å². The highest BCUT2D eigenvalue weighted by atomic mass is 32.2. The first-order chi connectivity index (χ1) is 12.3. The van der Waals surface area contributed by atoms with Crippen LogP contribution >= 0.6 is 23.1 Å².